The standard InChI is InChI=1S/C20H28N4O3/c1-5-6-7-8-13-27-17-11-9-16(10-12-17)19(25)21-22-20(26)18-14(2)23-24(4)15(18)3/h9-12H,5-8,13H2,1-4H3,(H,21,25)(H,22,26). The van der Waals surface area contributed by atoms with E-state index in [0.717, 1.165) is 24.3 Å². The summed E-state index contributed by atoms with van der Waals surface area (Å²) >= 11 is 0. The highest BCUT2D eigenvalue weighted by molar-refractivity contribution is 6.00. The van der Waals surface area contributed by atoms with E-state index >= 15 is 0 Å². The van der Waals surface area contributed by atoms with Crippen LogP contribution in [0.2, 0.25) is 0 Å². The average molecular weight is 372 g/mol. The first-order chi connectivity index (χ1) is 12.9. The van der Waals surface area contributed by atoms with Gasteiger partial charge in [-0.1, -0.05) is 26.2 Å². The Morgan fingerprint density at radius 2 is 1.70 bits per heavy atom. The molecule has 0 bridgehead atoms. The van der Waals surface area contributed by atoms with Crippen molar-refractivity contribution < 1.29 is 14.3 Å². The Morgan fingerprint density at radius 3 is 2.30 bits per heavy atom. The zero-order valence-electron chi connectivity index (χ0n) is 16.5. The molecule has 27 heavy (non-hydrogen) atoms. The molecule has 0 saturated carbocycles. The van der Waals surface area contributed by atoms with Crippen molar-refractivity contribution in [2.45, 2.75) is 46.5 Å². The number of hydrogen-bond donors (Lipinski definition) is 2. The summed E-state index contributed by atoms with van der Waals surface area (Å²) in [6.07, 6.45) is 4.59. The van der Waals surface area contributed by atoms with Gasteiger partial charge in [-0.2, -0.15) is 5.10 Å². The molecule has 1 aromatic heterocycles. The summed E-state index contributed by atoms with van der Waals surface area (Å²) in [4.78, 5) is 24.5. The van der Waals surface area contributed by atoms with Crippen molar-refractivity contribution in [3.8, 4) is 5.75 Å². The maximum atomic E-state index is 12.3. The van der Waals surface area contributed by atoms with Crippen LogP contribution in [0.1, 0.15) is 64.7 Å². The van der Waals surface area contributed by atoms with Crippen LogP contribution in [0.4, 0.5) is 0 Å². The lowest BCUT2D eigenvalue weighted by atomic mass is 10.2. The highest BCUT2D eigenvalue weighted by Crippen LogP contribution is 2.14. The van der Waals surface area contributed by atoms with Gasteiger partial charge in [-0.05, 0) is 44.5 Å². The molecule has 2 N–H and O–H groups in total. The van der Waals surface area contributed by atoms with Gasteiger partial charge in [0.15, 0.2) is 0 Å². The Labute approximate surface area is 160 Å². The Bertz CT molecular complexity index is 781. The number of benzene rings is 1. The lowest BCUT2D eigenvalue weighted by Gasteiger charge is -2.09. The molecule has 1 heterocycles. The monoisotopic (exact) mass is 372 g/mol. The summed E-state index contributed by atoms with van der Waals surface area (Å²) in [5, 5.41) is 4.20. The molecule has 0 aliphatic carbocycles. The molecule has 2 amide bonds. The Kier molecular flexibility index (Phi) is 7.40. The van der Waals surface area contributed by atoms with Crippen molar-refractivity contribution in [1.29, 1.82) is 0 Å². The smallest absolute Gasteiger partial charge is 0.273 e. The third-order valence-corrected chi connectivity index (χ3v) is 4.41. The fourth-order valence-corrected chi connectivity index (χ4v) is 2.77. The van der Waals surface area contributed by atoms with Gasteiger partial charge in [0.05, 0.1) is 17.9 Å². The van der Waals surface area contributed by atoms with Gasteiger partial charge in [0, 0.05) is 18.3 Å². The minimum Gasteiger partial charge on any atom is -0.494 e. The first-order valence-electron chi connectivity index (χ1n) is 9.27. The quantitative estimate of drug-likeness (QED) is 0.551. The van der Waals surface area contributed by atoms with Crippen molar-refractivity contribution >= 4 is 11.8 Å². The van der Waals surface area contributed by atoms with E-state index in [1.165, 1.54) is 12.8 Å². The predicted molar refractivity (Wildman–Crippen MR) is 104 cm³/mol. The Morgan fingerprint density at radius 1 is 1.04 bits per heavy atom. The van der Waals surface area contributed by atoms with E-state index in [0.29, 0.717) is 23.4 Å². The minimum atomic E-state index is -0.392. The molecule has 0 aliphatic heterocycles. The van der Waals surface area contributed by atoms with Crippen molar-refractivity contribution in [3.05, 3.63) is 46.8 Å². The van der Waals surface area contributed by atoms with Crippen LogP contribution in [0.3, 0.4) is 0 Å². The lowest BCUT2D eigenvalue weighted by molar-refractivity contribution is 0.0846. The highest BCUT2D eigenvalue weighted by atomic mass is 16.5. The van der Waals surface area contributed by atoms with Gasteiger partial charge in [0.1, 0.15) is 5.75 Å². The molecular weight excluding hydrogens is 344 g/mol. The number of aromatic nitrogens is 2. The molecule has 0 aliphatic rings. The van der Waals surface area contributed by atoms with Crippen LogP contribution >= 0.6 is 0 Å². The average Bonchev–Trinajstić information content (AvgIpc) is 2.91. The van der Waals surface area contributed by atoms with Gasteiger partial charge < -0.3 is 4.74 Å². The number of amides is 2. The third kappa shape index (κ3) is 5.57. The number of nitrogens with one attached hydrogen (secondary N) is 2. The Hall–Kier alpha value is -2.83. The molecule has 0 atom stereocenters. The summed E-state index contributed by atoms with van der Waals surface area (Å²) in [7, 11) is 1.77. The molecule has 1 aromatic carbocycles. The second kappa shape index (κ2) is 9.75. The SMILES string of the molecule is CCCCCCOc1ccc(C(=O)NNC(=O)c2c(C)nn(C)c2C)cc1. The highest BCUT2D eigenvalue weighted by Gasteiger charge is 2.18. The largest absolute Gasteiger partial charge is 0.494 e. The first-order valence-corrected chi connectivity index (χ1v) is 9.27. The van der Waals surface area contributed by atoms with Gasteiger partial charge in [0.25, 0.3) is 11.8 Å². The second-order valence-electron chi connectivity index (χ2n) is 6.51. The minimum absolute atomic E-state index is 0.390. The van der Waals surface area contributed by atoms with E-state index < -0.39 is 11.8 Å². The maximum Gasteiger partial charge on any atom is 0.273 e. The molecule has 0 unspecified atom stereocenters. The molecule has 0 fully saturated rings. The van der Waals surface area contributed by atoms with Crippen LogP contribution in [0, 0.1) is 13.8 Å². The normalized spacial score (nSPS) is 10.5. The van der Waals surface area contributed by atoms with Crippen LogP contribution in [0.15, 0.2) is 24.3 Å². The second-order valence-corrected chi connectivity index (χ2v) is 6.51. The van der Waals surface area contributed by atoms with Crippen LogP contribution in [0.5, 0.6) is 5.75 Å². The van der Waals surface area contributed by atoms with Crippen molar-refractivity contribution in [3.63, 3.8) is 0 Å². The molecule has 2 rings (SSSR count). The molecule has 7 heteroatoms. The third-order valence-electron chi connectivity index (χ3n) is 4.41. The molecule has 0 radical (unpaired) electrons. The van der Waals surface area contributed by atoms with Gasteiger partial charge in [-0.25, -0.2) is 0 Å². The molecule has 7 nitrogen and oxygen atoms in total. The zero-order valence-corrected chi connectivity index (χ0v) is 16.5. The number of aryl methyl sites for hydroxylation is 2. The molecular formula is C20H28N4O3. The summed E-state index contributed by atoms with van der Waals surface area (Å²) in [6.45, 7) is 6.40. The van der Waals surface area contributed by atoms with E-state index in [1.54, 1.807) is 49.8 Å². The summed E-state index contributed by atoms with van der Waals surface area (Å²) < 4.78 is 7.29. The van der Waals surface area contributed by atoms with Crippen molar-refractivity contribution in [1.82, 2.24) is 20.6 Å². The molecule has 146 valence electrons. The van der Waals surface area contributed by atoms with Crippen LogP contribution in [-0.4, -0.2) is 28.2 Å². The number of nitrogens with zero attached hydrogens (tertiary/aromatic N) is 2. The summed E-state index contributed by atoms with van der Waals surface area (Å²) in [6, 6.07) is 6.85. The van der Waals surface area contributed by atoms with Gasteiger partial charge in [-0.3, -0.25) is 25.1 Å². The molecule has 2 aromatic rings. The van der Waals surface area contributed by atoms with Crippen LogP contribution in [0.25, 0.3) is 0 Å². The van der Waals surface area contributed by atoms with E-state index in [2.05, 4.69) is 22.9 Å². The van der Waals surface area contributed by atoms with E-state index in [9.17, 15) is 9.59 Å². The van der Waals surface area contributed by atoms with Crippen molar-refractivity contribution in [2.24, 2.45) is 7.05 Å². The summed E-state index contributed by atoms with van der Waals surface area (Å²) in [5.41, 5.74) is 7.12. The van der Waals surface area contributed by atoms with Gasteiger partial charge in [-0.15, -0.1) is 0 Å². The number of rotatable bonds is 8. The van der Waals surface area contributed by atoms with E-state index in [1.807, 2.05) is 0 Å². The van der Waals surface area contributed by atoms with Crippen molar-refractivity contribution in [2.75, 3.05) is 6.61 Å². The summed E-state index contributed by atoms with van der Waals surface area (Å²) in [5.74, 6) is -0.0516. The van der Waals surface area contributed by atoms with Crippen LogP contribution < -0.4 is 15.6 Å². The van der Waals surface area contributed by atoms with Crippen LogP contribution in [-0.2, 0) is 7.05 Å². The number of unbranched alkanes of at least 4 members (excludes halogenated alkanes) is 3. The number of hydrazine groups is 1. The topological polar surface area (TPSA) is 85.2 Å². The fraction of sp³-hybridized carbons (Fsp3) is 0.450. The number of hydrogen-bond acceptors (Lipinski definition) is 4. The number of carbonyl (C=O) groups excluding carboxylic acids is 2. The Balaban J connectivity index is 1.84. The predicted octanol–water partition coefficient (Wildman–Crippen LogP) is 3.07. The maximum absolute atomic E-state index is 12.3. The van der Waals surface area contributed by atoms with E-state index in [-0.39, 0.29) is 0 Å². The molecule has 0 spiro atoms. The molecule has 0 saturated heterocycles. The van der Waals surface area contributed by atoms with Gasteiger partial charge in [0.2, 0.25) is 0 Å². The first kappa shape index (κ1) is 20.5. The fourth-order valence-electron chi connectivity index (χ4n) is 2.77. The zero-order chi connectivity index (χ0) is 19.8. The lowest BCUT2D eigenvalue weighted by Crippen LogP contribution is -2.42. The van der Waals surface area contributed by atoms with Gasteiger partial charge >= 0.3 is 0 Å². The number of carbonyl (C=O) groups is 2. The number of ether oxygens (including phenoxy) is 1. The van der Waals surface area contributed by atoms with E-state index in [4.69, 9.17) is 4.74 Å².